The lowest BCUT2D eigenvalue weighted by Gasteiger charge is -2.10. The Morgan fingerprint density at radius 1 is 1.06 bits per heavy atom. The minimum Gasteiger partial charge on any atom is -0.397 e. The number of halogens is 3. The molecular formula is C12H9Br2FN2. The van der Waals surface area contributed by atoms with Crippen molar-refractivity contribution in [2.45, 2.75) is 0 Å². The van der Waals surface area contributed by atoms with Crippen LogP contribution in [0.2, 0.25) is 0 Å². The first kappa shape index (κ1) is 12.4. The standard InChI is InChI=1S/C12H9Br2FN2/c13-7-1-4-11(16)12(5-7)17-8-2-3-9(14)10(15)6-8/h1-6,17H,16H2. The molecule has 0 atom stereocenters. The molecule has 17 heavy (non-hydrogen) atoms. The molecule has 0 aliphatic rings. The largest absolute Gasteiger partial charge is 0.397 e. The van der Waals surface area contributed by atoms with Gasteiger partial charge >= 0.3 is 0 Å². The molecule has 2 rings (SSSR count). The summed E-state index contributed by atoms with van der Waals surface area (Å²) in [6.07, 6.45) is 0. The van der Waals surface area contributed by atoms with Crippen LogP contribution >= 0.6 is 31.9 Å². The number of nitrogens with one attached hydrogen (secondary N) is 1. The Labute approximate surface area is 115 Å². The number of anilines is 3. The maximum absolute atomic E-state index is 13.3. The average molecular weight is 360 g/mol. The van der Waals surface area contributed by atoms with Crippen LogP contribution in [0.25, 0.3) is 0 Å². The molecule has 5 heteroatoms. The lowest BCUT2D eigenvalue weighted by Crippen LogP contribution is -1.96. The van der Waals surface area contributed by atoms with Crippen molar-refractivity contribution in [1.29, 1.82) is 0 Å². The predicted molar refractivity (Wildman–Crippen MR) is 75.9 cm³/mol. The number of benzene rings is 2. The van der Waals surface area contributed by atoms with E-state index in [4.69, 9.17) is 5.73 Å². The fourth-order valence-corrected chi connectivity index (χ4v) is 1.97. The Bertz CT molecular complexity index is 558. The van der Waals surface area contributed by atoms with E-state index in [-0.39, 0.29) is 5.82 Å². The zero-order valence-corrected chi connectivity index (χ0v) is 11.8. The van der Waals surface area contributed by atoms with E-state index in [0.717, 1.165) is 10.2 Å². The van der Waals surface area contributed by atoms with Crippen LogP contribution in [0.1, 0.15) is 0 Å². The lowest BCUT2D eigenvalue weighted by atomic mass is 10.2. The van der Waals surface area contributed by atoms with Crippen LogP contribution in [-0.4, -0.2) is 0 Å². The zero-order chi connectivity index (χ0) is 12.4. The van der Waals surface area contributed by atoms with Crippen molar-refractivity contribution in [3.05, 3.63) is 51.2 Å². The molecule has 2 aromatic carbocycles. The summed E-state index contributed by atoms with van der Waals surface area (Å²) in [7, 11) is 0. The summed E-state index contributed by atoms with van der Waals surface area (Å²) < 4.78 is 14.7. The Morgan fingerprint density at radius 3 is 2.53 bits per heavy atom. The van der Waals surface area contributed by atoms with Gasteiger partial charge in [0.1, 0.15) is 5.82 Å². The molecule has 88 valence electrons. The maximum atomic E-state index is 13.3. The fourth-order valence-electron chi connectivity index (χ4n) is 1.37. The number of hydrogen-bond donors (Lipinski definition) is 2. The number of hydrogen-bond acceptors (Lipinski definition) is 2. The number of nitrogens with two attached hydrogens (primary N) is 1. The molecule has 3 N–H and O–H groups in total. The summed E-state index contributed by atoms with van der Waals surface area (Å²) in [5, 5.41) is 3.07. The molecule has 0 aliphatic heterocycles. The summed E-state index contributed by atoms with van der Waals surface area (Å²) >= 11 is 6.46. The highest BCUT2D eigenvalue weighted by Crippen LogP contribution is 2.28. The third kappa shape index (κ3) is 2.98. The fraction of sp³-hybridized carbons (Fsp3) is 0. The van der Waals surface area contributed by atoms with Crippen LogP contribution in [-0.2, 0) is 0 Å². The quantitative estimate of drug-likeness (QED) is 0.764. The molecule has 0 amide bonds. The third-order valence-corrected chi connectivity index (χ3v) is 3.35. The molecule has 0 saturated heterocycles. The van der Waals surface area contributed by atoms with Crippen molar-refractivity contribution in [3.63, 3.8) is 0 Å². The molecule has 0 aromatic heterocycles. The van der Waals surface area contributed by atoms with Gasteiger partial charge in [0.05, 0.1) is 15.8 Å². The molecule has 2 aromatic rings. The average Bonchev–Trinajstić information content (AvgIpc) is 2.29. The Morgan fingerprint density at radius 2 is 1.82 bits per heavy atom. The normalized spacial score (nSPS) is 10.3. The van der Waals surface area contributed by atoms with Crippen molar-refractivity contribution in [2.24, 2.45) is 0 Å². The summed E-state index contributed by atoms with van der Waals surface area (Å²) in [5.41, 5.74) is 7.81. The molecule has 0 aliphatic carbocycles. The van der Waals surface area contributed by atoms with E-state index in [0.29, 0.717) is 15.8 Å². The van der Waals surface area contributed by atoms with Crippen molar-refractivity contribution in [3.8, 4) is 0 Å². The highest BCUT2D eigenvalue weighted by Gasteiger charge is 2.03. The van der Waals surface area contributed by atoms with E-state index >= 15 is 0 Å². The van der Waals surface area contributed by atoms with Gasteiger partial charge in [0.15, 0.2) is 0 Å². The van der Waals surface area contributed by atoms with Crippen LogP contribution in [0, 0.1) is 5.82 Å². The molecule has 0 heterocycles. The van der Waals surface area contributed by atoms with Gasteiger partial charge in [-0.3, -0.25) is 0 Å². The SMILES string of the molecule is Nc1ccc(Br)cc1Nc1ccc(Br)c(F)c1. The van der Waals surface area contributed by atoms with Gasteiger partial charge in [0.2, 0.25) is 0 Å². The van der Waals surface area contributed by atoms with Gasteiger partial charge in [0.25, 0.3) is 0 Å². The van der Waals surface area contributed by atoms with Crippen molar-refractivity contribution in [2.75, 3.05) is 11.1 Å². The highest BCUT2D eigenvalue weighted by molar-refractivity contribution is 9.10. The van der Waals surface area contributed by atoms with Crippen molar-refractivity contribution >= 4 is 48.9 Å². The molecule has 2 nitrogen and oxygen atoms in total. The summed E-state index contributed by atoms with van der Waals surface area (Å²) in [6.45, 7) is 0. The molecular weight excluding hydrogens is 351 g/mol. The molecule has 0 radical (unpaired) electrons. The number of nitrogen functional groups attached to an aromatic ring is 1. The second-order valence-electron chi connectivity index (χ2n) is 3.49. The van der Waals surface area contributed by atoms with E-state index in [1.165, 1.54) is 6.07 Å². The molecule has 0 fully saturated rings. The molecule has 0 saturated carbocycles. The first-order valence-corrected chi connectivity index (χ1v) is 6.42. The van der Waals surface area contributed by atoms with Crippen LogP contribution in [0.3, 0.4) is 0 Å². The number of rotatable bonds is 2. The van der Waals surface area contributed by atoms with Gasteiger partial charge in [0, 0.05) is 10.2 Å². The first-order valence-electron chi connectivity index (χ1n) is 4.83. The Hall–Kier alpha value is -1.07. The predicted octanol–water partition coefficient (Wildman–Crippen LogP) is 4.68. The second-order valence-corrected chi connectivity index (χ2v) is 5.26. The van der Waals surface area contributed by atoms with Gasteiger partial charge in [-0.2, -0.15) is 0 Å². The van der Waals surface area contributed by atoms with Gasteiger partial charge in [-0.1, -0.05) is 15.9 Å². The van der Waals surface area contributed by atoms with Crippen LogP contribution < -0.4 is 11.1 Å². The van der Waals surface area contributed by atoms with E-state index in [9.17, 15) is 4.39 Å². The van der Waals surface area contributed by atoms with Gasteiger partial charge in [-0.05, 0) is 52.3 Å². The van der Waals surface area contributed by atoms with Crippen LogP contribution in [0.5, 0.6) is 0 Å². The first-order chi connectivity index (χ1) is 8.06. The Kier molecular flexibility index (Phi) is 3.69. The lowest BCUT2D eigenvalue weighted by molar-refractivity contribution is 0.622. The maximum Gasteiger partial charge on any atom is 0.139 e. The van der Waals surface area contributed by atoms with Crippen LogP contribution in [0.4, 0.5) is 21.5 Å². The Balaban J connectivity index is 2.31. The minimum atomic E-state index is -0.316. The van der Waals surface area contributed by atoms with Gasteiger partial charge < -0.3 is 11.1 Å². The van der Waals surface area contributed by atoms with E-state index in [1.807, 2.05) is 12.1 Å². The minimum absolute atomic E-state index is 0.316. The van der Waals surface area contributed by atoms with E-state index in [1.54, 1.807) is 18.2 Å². The van der Waals surface area contributed by atoms with Crippen molar-refractivity contribution in [1.82, 2.24) is 0 Å². The molecule has 0 bridgehead atoms. The summed E-state index contributed by atoms with van der Waals surface area (Å²) in [4.78, 5) is 0. The van der Waals surface area contributed by atoms with Gasteiger partial charge in [-0.25, -0.2) is 4.39 Å². The smallest absolute Gasteiger partial charge is 0.139 e. The second kappa shape index (κ2) is 5.06. The zero-order valence-electron chi connectivity index (χ0n) is 8.68. The molecule has 0 unspecified atom stereocenters. The topological polar surface area (TPSA) is 38.0 Å². The van der Waals surface area contributed by atoms with E-state index in [2.05, 4.69) is 37.2 Å². The third-order valence-electron chi connectivity index (χ3n) is 2.21. The molecule has 0 spiro atoms. The van der Waals surface area contributed by atoms with Crippen LogP contribution in [0.15, 0.2) is 45.3 Å². The highest BCUT2D eigenvalue weighted by atomic mass is 79.9. The van der Waals surface area contributed by atoms with Crippen molar-refractivity contribution < 1.29 is 4.39 Å². The van der Waals surface area contributed by atoms with Gasteiger partial charge in [-0.15, -0.1) is 0 Å². The summed E-state index contributed by atoms with van der Waals surface area (Å²) in [6, 6.07) is 10.3. The van der Waals surface area contributed by atoms with E-state index < -0.39 is 0 Å². The summed E-state index contributed by atoms with van der Waals surface area (Å²) in [5.74, 6) is -0.316. The monoisotopic (exact) mass is 358 g/mol.